The van der Waals surface area contributed by atoms with Crippen LogP contribution >= 0.6 is 11.3 Å². The number of anilines is 1. The van der Waals surface area contributed by atoms with Crippen molar-refractivity contribution in [3.05, 3.63) is 40.8 Å². The van der Waals surface area contributed by atoms with Crippen LogP contribution in [0.1, 0.15) is 19.3 Å². The number of halogens is 1. The van der Waals surface area contributed by atoms with Gasteiger partial charge >= 0.3 is 0 Å². The summed E-state index contributed by atoms with van der Waals surface area (Å²) in [6.07, 6.45) is 3.61. The van der Waals surface area contributed by atoms with Gasteiger partial charge in [0.15, 0.2) is 5.82 Å². The fourth-order valence-electron chi connectivity index (χ4n) is 4.41. The Morgan fingerprint density at radius 1 is 1.29 bits per heavy atom. The Labute approximate surface area is 166 Å². The maximum Gasteiger partial charge on any atom is 0.268 e. The molecular formula is C20H22FN5OS. The zero-order valence-corrected chi connectivity index (χ0v) is 16.6. The summed E-state index contributed by atoms with van der Waals surface area (Å²) in [7, 11) is 3.64. The minimum atomic E-state index is -0.899. The summed E-state index contributed by atoms with van der Waals surface area (Å²) in [6.45, 7) is 0. The quantitative estimate of drug-likeness (QED) is 0.734. The zero-order valence-electron chi connectivity index (χ0n) is 15.8. The van der Waals surface area contributed by atoms with Gasteiger partial charge in [0.2, 0.25) is 0 Å². The van der Waals surface area contributed by atoms with Crippen molar-refractivity contribution < 1.29 is 4.39 Å². The first-order valence-corrected chi connectivity index (χ1v) is 10.4. The van der Waals surface area contributed by atoms with E-state index in [-0.39, 0.29) is 17.6 Å². The number of thiophene rings is 1. The molecule has 2 unspecified atom stereocenters. The molecule has 8 heteroatoms. The first-order valence-electron chi connectivity index (χ1n) is 9.57. The Morgan fingerprint density at radius 3 is 2.93 bits per heavy atom. The van der Waals surface area contributed by atoms with Crippen LogP contribution < -0.4 is 15.8 Å². The number of nitrogens with one attached hydrogen (secondary N) is 1. The van der Waals surface area contributed by atoms with Crippen LogP contribution in [0.5, 0.6) is 0 Å². The van der Waals surface area contributed by atoms with E-state index in [4.69, 9.17) is 0 Å². The van der Waals surface area contributed by atoms with E-state index < -0.39 is 6.17 Å². The predicted octanol–water partition coefficient (Wildman–Crippen LogP) is 2.72. The van der Waals surface area contributed by atoms with Crippen molar-refractivity contribution in [3.8, 4) is 10.6 Å². The lowest BCUT2D eigenvalue weighted by Crippen LogP contribution is -2.55. The third kappa shape index (κ3) is 2.82. The van der Waals surface area contributed by atoms with E-state index in [9.17, 15) is 9.18 Å². The van der Waals surface area contributed by atoms with E-state index in [0.717, 1.165) is 35.2 Å². The summed E-state index contributed by atoms with van der Waals surface area (Å²) in [5.74, 6) is 0.676. The lowest BCUT2D eigenvalue weighted by atomic mass is 9.96. The molecule has 0 amide bonds. The minimum Gasteiger partial charge on any atom is -0.352 e. The third-order valence-corrected chi connectivity index (χ3v) is 7.23. The number of rotatable bonds is 3. The molecule has 3 aromatic rings. The van der Waals surface area contributed by atoms with Crippen LogP contribution in [0.3, 0.4) is 0 Å². The van der Waals surface area contributed by atoms with Gasteiger partial charge in [0.25, 0.3) is 5.56 Å². The van der Waals surface area contributed by atoms with Crippen LogP contribution in [-0.2, 0) is 7.05 Å². The molecule has 5 heterocycles. The topological polar surface area (TPSA) is 63.1 Å². The van der Waals surface area contributed by atoms with Gasteiger partial charge in [-0.3, -0.25) is 4.79 Å². The van der Waals surface area contributed by atoms with E-state index in [0.29, 0.717) is 16.6 Å². The lowest BCUT2D eigenvalue weighted by Gasteiger charge is -2.38. The van der Waals surface area contributed by atoms with E-state index in [1.54, 1.807) is 17.8 Å². The average molecular weight is 399 g/mol. The highest BCUT2D eigenvalue weighted by atomic mass is 32.1. The molecule has 0 spiro atoms. The molecule has 2 fully saturated rings. The number of fused-ring (bicyclic) bond motifs is 3. The van der Waals surface area contributed by atoms with Crippen LogP contribution in [-0.4, -0.2) is 46.1 Å². The Kier molecular flexibility index (Phi) is 4.21. The number of piperidine rings is 1. The molecule has 5 rings (SSSR count). The molecule has 2 aliphatic heterocycles. The molecule has 2 aliphatic rings. The number of pyridine rings is 1. The highest BCUT2D eigenvalue weighted by Gasteiger charge is 2.43. The van der Waals surface area contributed by atoms with Gasteiger partial charge in [0.1, 0.15) is 16.6 Å². The number of aromatic nitrogens is 3. The van der Waals surface area contributed by atoms with Gasteiger partial charge in [-0.05, 0) is 43.5 Å². The van der Waals surface area contributed by atoms with Crippen LogP contribution in [0.4, 0.5) is 10.2 Å². The van der Waals surface area contributed by atoms with Gasteiger partial charge in [0, 0.05) is 37.8 Å². The maximum atomic E-state index is 14.8. The zero-order chi connectivity index (χ0) is 19.4. The van der Waals surface area contributed by atoms with Crippen molar-refractivity contribution in [2.24, 2.45) is 7.05 Å². The van der Waals surface area contributed by atoms with Crippen molar-refractivity contribution in [3.63, 3.8) is 0 Å². The highest BCUT2D eigenvalue weighted by molar-refractivity contribution is 7.22. The van der Waals surface area contributed by atoms with Crippen molar-refractivity contribution in [2.75, 3.05) is 11.9 Å². The molecule has 2 saturated heterocycles. The highest BCUT2D eigenvalue weighted by Crippen LogP contribution is 2.34. The van der Waals surface area contributed by atoms with Crippen molar-refractivity contribution >= 4 is 27.2 Å². The molecule has 6 nitrogen and oxygen atoms in total. The average Bonchev–Trinajstić information content (AvgIpc) is 3.32. The monoisotopic (exact) mass is 399 g/mol. The summed E-state index contributed by atoms with van der Waals surface area (Å²) < 4.78 is 17.1. The Bertz CT molecular complexity index is 1080. The number of hydrogen-bond donors (Lipinski definition) is 1. The van der Waals surface area contributed by atoms with Crippen molar-refractivity contribution in [1.82, 2.24) is 20.1 Å². The molecule has 28 heavy (non-hydrogen) atoms. The summed E-state index contributed by atoms with van der Waals surface area (Å²) in [5.41, 5.74) is 0.718. The van der Waals surface area contributed by atoms with Crippen molar-refractivity contribution in [2.45, 2.75) is 43.6 Å². The Hall–Kier alpha value is -2.32. The normalized spacial score (nSPS) is 26.7. The van der Waals surface area contributed by atoms with E-state index in [2.05, 4.69) is 15.5 Å². The van der Waals surface area contributed by atoms with Crippen LogP contribution in [0.15, 0.2) is 35.3 Å². The molecule has 0 aliphatic carbocycles. The molecule has 146 valence electrons. The van der Waals surface area contributed by atoms with Gasteiger partial charge in [-0.2, -0.15) is 0 Å². The fourth-order valence-corrected chi connectivity index (χ4v) is 5.50. The summed E-state index contributed by atoms with van der Waals surface area (Å²) in [4.78, 5) is 15.1. The van der Waals surface area contributed by atoms with Crippen molar-refractivity contribution in [1.29, 1.82) is 0 Å². The summed E-state index contributed by atoms with van der Waals surface area (Å²) in [6, 6.07) is 7.87. The molecule has 4 atom stereocenters. The standard InChI is InChI=1S/C20H22FN5OS/c1-25-8-7-11-9-16(28-19(11)20(25)27)13-5-6-17(24-23-13)26(2)15-10-12-3-4-14(22-12)18(15)21/h5-9,12,14-15,18,22H,3-4,10H2,1-2H3/t12?,14?,15-,18+/m0/s1. The number of nitrogens with zero attached hydrogens (tertiary/aromatic N) is 4. The number of aryl methyl sites for hydroxylation is 1. The number of alkyl halides is 1. The summed E-state index contributed by atoms with van der Waals surface area (Å²) >= 11 is 1.43. The van der Waals surface area contributed by atoms with Gasteiger partial charge in [-0.15, -0.1) is 21.5 Å². The molecule has 0 saturated carbocycles. The summed E-state index contributed by atoms with van der Waals surface area (Å²) in [5, 5.41) is 13.0. The van der Waals surface area contributed by atoms with Gasteiger partial charge in [0.05, 0.1) is 10.9 Å². The van der Waals surface area contributed by atoms with Gasteiger partial charge in [-0.25, -0.2) is 4.39 Å². The number of hydrogen-bond acceptors (Lipinski definition) is 6. The molecule has 0 aromatic carbocycles. The van der Waals surface area contributed by atoms with Crippen LogP contribution in [0, 0.1) is 0 Å². The minimum absolute atomic E-state index is 0.00686. The van der Waals surface area contributed by atoms with Crippen LogP contribution in [0.25, 0.3) is 20.7 Å². The third-order valence-electron chi connectivity index (χ3n) is 6.07. The van der Waals surface area contributed by atoms with E-state index >= 15 is 0 Å². The van der Waals surface area contributed by atoms with Gasteiger partial charge in [-0.1, -0.05) is 0 Å². The van der Waals surface area contributed by atoms with E-state index in [1.165, 1.54) is 11.3 Å². The first kappa shape index (κ1) is 17.8. The smallest absolute Gasteiger partial charge is 0.268 e. The predicted molar refractivity (Wildman–Crippen MR) is 110 cm³/mol. The fraction of sp³-hybridized carbons (Fsp3) is 0.450. The molecule has 1 N–H and O–H groups in total. The second-order valence-corrected chi connectivity index (χ2v) is 8.86. The molecular weight excluding hydrogens is 377 g/mol. The van der Waals surface area contributed by atoms with E-state index in [1.807, 2.05) is 36.2 Å². The SMILES string of the molecule is CN(c1ccc(-c2cc3ccn(C)c(=O)c3s2)nn1)[C@H]1CC2CCC(N2)[C@H]1F. The maximum absolute atomic E-state index is 14.8. The Morgan fingerprint density at radius 2 is 2.14 bits per heavy atom. The second-order valence-electron chi connectivity index (χ2n) is 7.81. The Balaban J connectivity index is 1.41. The molecule has 2 bridgehead atoms. The molecule has 0 radical (unpaired) electrons. The van der Waals surface area contributed by atoms with Crippen LogP contribution in [0.2, 0.25) is 0 Å². The largest absolute Gasteiger partial charge is 0.352 e. The first-order chi connectivity index (χ1) is 13.5. The lowest BCUT2D eigenvalue weighted by molar-refractivity contribution is 0.176. The van der Waals surface area contributed by atoms with Gasteiger partial charge < -0.3 is 14.8 Å². The molecule has 3 aromatic heterocycles. The second kappa shape index (κ2) is 6.63.